The molecule has 0 amide bonds. The highest BCUT2D eigenvalue weighted by molar-refractivity contribution is 7.92. The number of hydrogen-bond acceptors (Lipinski definition) is 3. The molecule has 0 aliphatic carbocycles. The van der Waals surface area contributed by atoms with Gasteiger partial charge in [0, 0.05) is 10.7 Å². The van der Waals surface area contributed by atoms with Gasteiger partial charge in [-0.1, -0.05) is 11.6 Å². The Balaban J connectivity index is 3.41. The van der Waals surface area contributed by atoms with E-state index in [0.717, 1.165) is 6.07 Å². The first-order valence-electron chi connectivity index (χ1n) is 3.52. The zero-order chi connectivity index (χ0) is 11.9. The second-order valence-corrected chi connectivity index (χ2v) is 5.05. The summed E-state index contributed by atoms with van der Waals surface area (Å²) in [7, 11) is -5.39. The van der Waals surface area contributed by atoms with Gasteiger partial charge in [0.15, 0.2) is 0 Å². The molecule has 15 heavy (non-hydrogen) atoms. The van der Waals surface area contributed by atoms with Crippen molar-refractivity contribution in [2.24, 2.45) is 0 Å². The first kappa shape index (κ1) is 12.1. The summed E-state index contributed by atoms with van der Waals surface area (Å²) in [5, 5.41) is -0.169. The van der Waals surface area contributed by atoms with Gasteiger partial charge in [0.05, 0.1) is 4.90 Å². The van der Waals surface area contributed by atoms with Crippen molar-refractivity contribution in [3.05, 3.63) is 23.2 Å². The lowest BCUT2D eigenvalue weighted by molar-refractivity contribution is -0.0435. The molecule has 8 heteroatoms. The van der Waals surface area contributed by atoms with E-state index in [1.807, 2.05) is 0 Å². The average Bonchev–Trinajstić information content (AvgIpc) is 1.99. The Kier molecular flexibility index (Phi) is 2.88. The van der Waals surface area contributed by atoms with Crippen LogP contribution in [0, 0.1) is 0 Å². The number of halogens is 4. The fraction of sp³-hybridized carbons (Fsp3) is 0.143. The molecule has 84 valence electrons. The minimum Gasteiger partial charge on any atom is -0.399 e. The highest BCUT2D eigenvalue weighted by Gasteiger charge is 2.47. The second-order valence-electron chi connectivity index (χ2n) is 2.67. The second kappa shape index (κ2) is 3.57. The molecule has 1 aromatic carbocycles. The van der Waals surface area contributed by atoms with E-state index in [1.54, 1.807) is 0 Å². The first-order valence-corrected chi connectivity index (χ1v) is 5.38. The van der Waals surface area contributed by atoms with E-state index in [-0.39, 0.29) is 10.7 Å². The summed E-state index contributed by atoms with van der Waals surface area (Å²) < 4.78 is 58.2. The minimum absolute atomic E-state index is 0.148. The van der Waals surface area contributed by atoms with Crippen molar-refractivity contribution in [3.8, 4) is 0 Å². The molecule has 0 aliphatic rings. The van der Waals surface area contributed by atoms with Crippen molar-refractivity contribution in [1.29, 1.82) is 0 Å². The van der Waals surface area contributed by atoms with Crippen LogP contribution in [0.3, 0.4) is 0 Å². The first-order chi connectivity index (χ1) is 6.64. The van der Waals surface area contributed by atoms with Crippen LogP contribution in [0.25, 0.3) is 0 Å². The summed E-state index contributed by atoms with van der Waals surface area (Å²) >= 11 is 5.39. The van der Waals surface area contributed by atoms with Crippen LogP contribution >= 0.6 is 11.6 Å². The van der Waals surface area contributed by atoms with Crippen molar-refractivity contribution < 1.29 is 21.6 Å². The monoisotopic (exact) mass is 259 g/mol. The number of benzene rings is 1. The molecular formula is C7H5ClF3NO2S. The largest absolute Gasteiger partial charge is 0.501 e. The Morgan fingerprint density at radius 3 is 2.13 bits per heavy atom. The normalized spacial score (nSPS) is 12.8. The molecule has 0 saturated heterocycles. The lowest BCUT2D eigenvalue weighted by Crippen LogP contribution is -2.23. The SMILES string of the molecule is Nc1cc(Cl)cc(S(=O)(=O)C(F)(F)F)c1. The Bertz CT molecular complexity index is 463. The van der Waals surface area contributed by atoms with Gasteiger partial charge in [-0.05, 0) is 18.2 Å². The fourth-order valence-corrected chi connectivity index (χ4v) is 2.02. The van der Waals surface area contributed by atoms with Gasteiger partial charge in [-0.25, -0.2) is 8.42 Å². The van der Waals surface area contributed by atoms with Gasteiger partial charge >= 0.3 is 5.51 Å². The number of hydrogen-bond donors (Lipinski definition) is 1. The highest BCUT2D eigenvalue weighted by atomic mass is 35.5. The Hall–Kier alpha value is -0.950. The maximum Gasteiger partial charge on any atom is 0.501 e. The Morgan fingerprint density at radius 1 is 1.20 bits per heavy atom. The molecular weight excluding hydrogens is 255 g/mol. The van der Waals surface area contributed by atoms with Gasteiger partial charge < -0.3 is 5.73 Å². The van der Waals surface area contributed by atoms with Crippen LogP contribution < -0.4 is 5.73 Å². The smallest absolute Gasteiger partial charge is 0.399 e. The lowest BCUT2D eigenvalue weighted by atomic mass is 10.3. The van der Waals surface area contributed by atoms with Gasteiger partial charge in [-0.2, -0.15) is 13.2 Å². The van der Waals surface area contributed by atoms with Crippen molar-refractivity contribution in [1.82, 2.24) is 0 Å². The maximum atomic E-state index is 12.1. The summed E-state index contributed by atoms with van der Waals surface area (Å²) in [4.78, 5) is -0.958. The predicted octanol–water partition coefficient (Wildman–Crippen LogP) is 2.22. The zero-order valence-corrected chi connectivity index (χ0v) is 8.62. The standard InChI is InChI=1S/C7H5ClF3NO2S/c8-4-1-5(12)3-6(2-4)15(13,14)7(9,10)11/h1-3H,12H2. The summed E-state index contributed by atoms with van der Waals surface area (Å²) in [6.45, 7) is 0. The van der Waals surface area contributed by atoms with Crippen LogP contribution in [0.1, 0.15) is 0 Å². The number of nitrogen functional groups attached to an aromatic ring is 1. The van der Waals surface area contributed by atoms with Crippen LogP contribution in [0.15, 0.2) is 23.1 Å². The van der Waals surface area contributed by atoms with E-state index < -0.39 is 20.2 Å². The number of nitrogens with two attached hydrogens (primary N) is 1. The third-order valence-corrected chi connectivity index (χ3v) is 3.19. The van der Waals surface area contributed by atoms with Gasteiger partial charge in [-0.15, -0.1) is 0 Å². The summed E-state index contributed by atoms with van der Waals surface area (Å²) in [5.41, 5.74) is -0.322. The molecule has 0 radical (unpaired) electrons. The maximum absolute atomic E-state index is 12.1. The van der Waals surface area contributed by atoms with E-state index in [9.17, 15) is 21.6 Å². The van der Waals surface area contributed by atoms with E-state index in [4.69, 9.17) is 17.3 Å². The van der Waals surface area contributed by atoms with Gasteiger partial charge in [0.1, 0.15) is 0 Å². The molecule has 1 rings (SSSR count). The molecule has 3 nitrogen and oxygen atoms in total. The molecule has 0 saturated carbocycles. The van der Waals surface area contributed by atoms with Crippen LogP contribution in [-0.2, 0) is 9.84 Å². The lowest BCUT2D eigenvalue weighted by Gasteiger charge is -2.08. The molecule has 0 aromatic heterocycles. The van der Waals surface area contributed by atoms with Gasteiger partial charge in [0.2, 0.25) is 0 Å². The molecule has 0 bridgehead atoms. The molecule has 1 aromatic rings. The van der Waals surface area contributed by atoms with Crippen molar-refractivity contribution in [2.75, 3.05) is 5.73 Å². The topological polar surface area (TPSA) is 60.2 Å². The third kappa shape index (κ3) is 2.35. The highest BCUT2D eigenvalue weighted by Crippen LogP contribution is 2.32. The Morgan fingerprint density at radius 2 is 1.73 bits per heavy atom. The molecule has 0 heterocycles. The minimum atomic E-state index is -5.39. The molecule has 2 N–H and O–H groups in total. The third-order valence-electron chi connectivity index (χ3n) is 1.51. The van der Waals surface area contributed by atoms with Crippen LogP contribution in [0.2, 0.25) is 5.02 Å². The van der Waals surface area contributed by atoms with Gasteiger partial charge in [-0.3, -0.25) is 0 Å². The van der Waals surface area contributed by atoms with Crippen LogP contribution in [-0.4, -0.2) is 13.9 Å². The number of rotatable bonds is 1. The summed E-state index contributed by atoms with van der Waals surface area (Å²) in [6.07, 6.45) is 0. The summed E-state index contributed by atoms with van der Waals surface area (Å²) in [6, 6.07) is 2.55. The van der Waals surface area contributed by atoms with E-state index in [2.05, 4.69) is 0 Å². The number of alkyl halides is 3. The molecule has 0 spiro atoms. The Labute approximate surface area is 88.6 Å². The summed E-state index contributed by atoms with van der Waals surface area (Å²) in [5.74, 6) is 0. The molecule has 0 fully saturated rings. The van der Waals surface area contributed by atoms with E-state index in [0.29, 0.717) is 12.1 Å². The van der Waals surface area contributed by atoms with Crippen molar-refractivity contribution in [3.63, 3.8) is 0 Å². The predicted molar refractivity (Wildman–Crippen MR) is 49.1 cm³/mol. The zero-order valence-electron chi connectivity index (χ0n) is 7.05. The fourth-order valence-electron chi connectivity index (χ4n) is 0.873. The van der Waals surface area contributed by atoms with Crippen LogP contribution in [0.5, 0.6) is 0 Å². The number of anilines is 1. The van der Waals surface area contributed by atoms with Gasteiger partial charge in [0.25, 0.3) is 9.84 Å². The molecule has 0 aliphatic heterocycles. The molecule has 0 unspecified atom stereocenters. The quantitative estimate of drug-likeness (QED) is 0.787. The van der Waals surface area contributed by atoms with E-state index >= 15 is 0 Å². The molecule has 0 atom stereocenters. The van der Waals surface area contributed by atoms with Crippen molar-refractivity contribution in [2.45, 2.75) is 10.4 Å². The van der Waals surface area contributed by atoms with Crippen LogP contribution in [0.4, 0.5) is 18.9 Å². The van der Waals surface area contributed by atoms with E-state index in [1.165, 1.54) is 0 Å². The number of sulfone groups is 1. The van der Waals surface area contributed by atoms with Crippen molar-refractivity contribution >= 4 is 27.1 Å². The average molecular weight is 260 g/mol.